The Hall–Kier alpha value is -1.74. The molecule has 0 bridgehead atoms. The van der Waals surface area contributed by atoms with E-state index in [2.05, 4.69) is 4.72 Å². The maximum atomic E-state index is 12.1. The van der Waals surface area contributed by atoms with Gasteiger partial charge in [-0.25, -0.2) is 21.6 Å². The zero-order valence-corrected chi connectivity index (χ0v) is 14.9. The Morgan fingerprint density at radius 3 is 1.96 bits per heavy atom. The summed E-state index contributed by atoms with van der Waals surface area (Å²) in [6.45, 7) is 0.254. The highest BCUT2D eigenvalue weighted by atomic mass is 32.2. The molecule has 0 aliphatic carbocycles. The lowest BCUT2D eigenvalue weighted by molar-refractivity contribution is 0.412. The molecule has 8 heteroatoms. The van der Waals surface area contributed by atoms with Crippen LogP contribution in [0.4, 0.5) is 0 Å². The highest BCUT2D eigenvalue weighted by Crippen LogP contribution is 2.09. The minimum atomic E-state index is -3.65. The van der Waals surface area contributed by atoms with Crippen molar-refractivity contribution >= 4 is 20.0 Å². The predicted molar refractivity (Wildman–Crippen MR) is 93.3 cm³/mol. The van der Waals surface area contributed by atoms with Crippen LogP contribution in [0.1, 0.15) is 5.56 Å². The first kappa shape index (κ1) is 18.6. The van der Waals surface area contributed by atoms with Crippen LogP contribution in [-0.2, 0) is 26.6 Å². The van der Waals surface area contributed by atoms with Gasteiger partial charge in [0.15, 0.2) is 0 Å². The number of hydrogen-bond donors (Lipinski definition) is 1. The highest BCUT2D eigenvalue weighted by molar-refractivity contribution is 7.89. The first-order valence-electron chi connectivity index (χ1n) is 7.33. The van der Waals surface area contributed by atoms with Crippen LogP contribution in [0.25, 0.3) is 0 Å². The quantitative estimate of drug-likeness (QED) is 0.764. The van der Waals surface area contributed by atoms with Gasteiger partial charge >= 0.3 is 0 Å². The second kappa shape index (κ2) is 7.89. The van der Waals surface area contributed by atoms with Crippen molar-refractivity contribution in [1.82, 2.24) is 9.03 Å². The van der Waals surface area contributed by atoms with Crippen molar-refractivity contribution < 1.29 is 16.8 Å². The topological polar surface area (TPSA) is 83.6 Å². The van der Waals surface area contributed by atoms with Gasteiger partial charge in [0.05, 0.1) is 11.2 Å². The molecule has 1 N–H and O–H groups in total. The van der Waals surface area contributed by atoms with Crippen LogP contribution in [0, 0.1) is 0 Å². The van der Waals surface area contributed by atoms with Gasteiger partial charge in [-0.3, -0.25) is 0 Å². The summed E-state index contributed by atoms with van der Waals surface area (Å²) in [6, 6.07) is 17.1. The second-order valence-electron chi connectivity index (χ2n) is 5.29. The van der Waals surface area contributed by atoms with E-state index in [0.717, 1.165) is 11.8 Å². The van der Waals surface area contributed by atoms with Gasteiger partial charge in [0.2, 0.25) is 20.0 Å². The standard InChI is InChI=1S/C16H20N2O4S2/c1-23(19,20)18(14-15-8-4-2-5-9-15)13-12-17-24(21,22)16-10-6-3-7-11-16/h2-11,17H,12-14H2,1H3. The average molecular weight is 368 g/mol. The summed E-state index contributed by atoms with van der Waals surface area (Å²) in [6.07, 6.45) is 1.11. The monoisotopic (exact) mass is 368 g/mol. The zero-order chi connectivity index (χ0) is 17.6. The van der Waals surface area contributed by atoms with Crippen LogP contribution in [-0.4, -0.2) is 40.5 Å². The van der Waals surface area contributed by atoms with Gasteiger partial charge in [0, 0.05) is 19.6 Å². The molecule has 6 nitrogen and oxygen atoms in total. The Morgan fingerprint density at radius 1 is 0.875 bits per heavy atom. The number of rotatable bonds is 8. The van der Waals surface area contributed by atoms with Gasteiger partial charge in [-0.05, 0) is 17.7 Å². The normalized spacial score (nSPS) is 12.4. The van der Waals surface area contributed by atoms with E-state index in [9.17, 15) is 16.8 Å². The third kappa shape index (κ3) is 5.41. The molecule has 130 valence electrons. The van der Waals surface area contributed by atoms with E-state index in [1.807, 2.05) is 30.3 Å². The van der Waals surface area contributed by atoms with E-state index in [-0.39, 0.29) is 24.5 Å². The SMILES string of the molecule is CS(=O)(=O)N(CCNS(=O)(=O)c1ccccc1)Cc1ccccc1. The highest BCUT2D eigenvalue weighted by Gasteiger charge is 2.19. The summed E-state index contributed by atoms with van der Waals surface area (Å²) >= 11 is 0. The van der Waals surface area contributed by atoms with Crippen LogP contribution in [0.15, 0.2) is 65.6 Å². The number of nitrogens with zero attached hydrogens (tertiary/aromatic N) is 1. The van der Waals surface area contributed by atoms with E-state index in [1.165, 1.54) is 16.4 Å². The Balaban J connectivity index is 2.01. The van der Waals surface area contributed by atoms with Gasteiger partial charge in [-0.2, -0.15) is 4.31 Å². The zero-order valence-electron chi connectivity index (χ0n) is 13.3. The molecule has 0 saturated carbocycles. The molecule has 0 fully saturated rings. The fraction of sp³-hybridized carbons (Fsp3) is 0.250. The van der Waals surface area contributed by atoms with Crippen molar-refractivity contribution in [3.05, 3.63) is 66.2 Å². The van der Waals surface area contributed by atoms with Crippen molar-refractivity contribution in [2.75, 3.05) is 19.3 Å². The minimum Gasteiger partial charge on any atom is -0.212 e. The lowest BCUT2D eigenvalue weighted by Crippen LogP contribution is -2.37. The fourth-order valence-corrected chi connectivity index (χ4v) is 3.99. The van der Waals surface area contributed by atoms with E-state index in [0.29, 0.717) is 0 Å². The summed E-state index contributed by atoms with van der Waals surface area (Å²) in [7, 11) is -7.09. The molecule has 0 aliphatic rings. The second-order valence-corrected chi connectivity index (χ2v) is 9.04. The van der Waals surface area contributed by atoms with E-state index >= 15 is 0 Å². The molecule has 0 aromatic heterocycles. The number of hydrogen-bond acceptors (Lipinski definition) is 4. The van der Waals surface area contributed by atoms with Crippen LogP contribution >= 0.6 is 0 Å². The fourth-order valence-electron chi connectivity index (χ4n) is 2.14. The van der Waals surface area contributed by atoms with Crippen molar-refractivity contribution in [2.24, 2.45) is 0 Å². The molecule has 2 aromatic carbocycles. The van der Waals surface area contributed by atoms with Crippen molar-refractivity contribution in [3.8, 4) is 0 Å². The molecule has 0 unspecified atom stereocenters. The first-order chi connectivity index (χ1) is 11.3. The van der Waals surface area contributed by atoms with Gasteiger partial charge in [-0.15, -0.1) is 0 Å². The molecule has 24 heavy (non-hydrogen) atoms. The van der Waals surface area contributed by atoms with Gasteiger partial charge < -0.3 is 0 Å². The summed E-state index contributed by atoms with van der Waals surface area (Å²) in [4.78, 5) is 0.152. The Labute approximate surface area is 143 Å². The van der Waals surface area contributed by atoms with E-state index in [1.54, 1.807) is 18.2 Å². The number of sulfonamides is 2. The Morgan fingerprint density at radius 2 is 1.42 bits per heavy atom. The van der Waals surface area contributed by atoms with Gasteiger partial charge in [0.1, 0.15) is 0 Å². The summed E-state index contributed by atoms with van der Waals surface area (Å²) in [5.74, 6) is 0. The molecular weight excluding hydrogens is 348 g/mol. The Kier molecular flexibility index (Phi) is 6.11. The number of nitrogens with one attached hydrogen (secondary N) is 1. The molecular formula is C16H20N2O4S2. The molecule has 0 amide bonds. The molecule has 0 saturated heterocycles. The first-order valence-corrected chi connectivity index (χ1v) is 10.7. The summed E-state index contributed by atoms with van der Waals surface area (Å²) < 4.78 is 51.8. The molecule has 0 atom stereocenters. The number of benzene rings is 2. The van der Waals surface area contributed by atoms with Crippen molar-refractivity contribution in [2.45, 2.75) is 11.4 Å². The molecule has 0 heterocycles. The maximum Gasteiger partial charge on any atom is 0.240 e. The lowest BCUT2D eigenvalue weighted by Gasteiger charge is -2.20. The summed E-state index contributed by atoms with van der Waals surface area (Å²) in [5.41, 5.74) is 0.842. The van der Waals surface area contributed by atoms with Crippen LogP contribution in [0.5, 0.6) is 0 Å². The minimum absolute atomic E-state index is 0.00285. The third-order valence-electron chi connectivity index (χ3n) is 3.38. The largest absolute Gasteiger partial charge is 0.240 e. The molecule has 0 spiro atoms. The molecule has 0 radical (unpaired) electrons. The average Bonchev–Trinajstić information content (AvgIpc) is 2.55. The van der Waals surface area contributed by atoms with Crippen molar-refractivity contribution in [1.29, 1.82) is 0 Å². The molecule has 0 aliphatic heterocycles. The van der Waals surface area contributed by atoms with Crippen molar-refractivity contribution in [3.63, 3.8) is 0 Å². The van der Waals surface area contributed by atoms with Gasteiger partial charge in [-0.1, -0.05) is 48.5 Å². The lowest BCUT2D eigenvalue weighted by atomic mass is 10.2. The molecule has 2 aromatic rings. The predicted octanol–water partition coefficient (Wildman–Crippen LogP) is 1.43. The molecule has 2 rings (SSSR count). The van der Waals surface area contributed by atoms with Crippen LogP contribution in [0.2, 0.25) is 0 Å². The smallest absolute Gasteiger partial charge is 0.212 e. The third-order valence-corrected chi connectivity index (χ3v) is 6.10. The van der Waals surface area contributed by atoms with Crippen LogP contribution in [0.3, 0.4) is 0 Å². The summed E-state index contributed by atoms with van der Waals surface area (Å²) in [5, 5.41) is 0. The van der Waals surface area contributed by atoms with E-state index in [4.69, 9.17) is 0 Å². The van der Waals surface area contributed by atoms with Crippen LogP contribution < -0.4 is 4.72 Å². The Bertz CT molecular complexity index is 851. The van der Waals surface area contributed by atoms with E-state index < -0.39 is 20.0 Å². The van der Waals surface area contributed by atoms with Gasteiger partial charge in [0.25, 0.3) is 0 Å². The maximum absolute atomic E-state index is 12.1.